The molecule has 0 saturated heterocycles. The van der Waals surface area contributed by atoms with Crippen molar-refractivity contribution in [3.63, 3.8) is 0 Å². The number of thiophene rings is 1. The lowest BCUT2D eigenvalue weighted by molar-refractivity contribution is 0.0279. The maximum atomic E-state index is 12.2. The molecule has 0 radical (unpaired) electrons. The van der Waals surface area contributed by atoms with Gasteiger partial charge in [-0.1, -0.05) is 0 Å². The number of hydrogen-bond acceptors (Lipinski definition) is 5. The molecule has 21 heavy (non-hydrogen) atoms. The van der Waals surface area contributed by atoms with Gasteiger partial charge >= 0.3 is 0 Å². The standard InChI is InChI=1S/C15H19NO4S/c1-10-7-13(11(2)20-10)15(18)16-8-14(19-5-4-17)12-3-6-21-9-12/h3,6-7,9,14,17H,4-5,8H2,1-2H3,(H,16,18)/t14-/m0/s1. The first-order chi connectivity index (χ1) is 10.1. The highest BCUT2D eigenvalue weighted by atomic mass is 32.1. The van der Waals surface area contributed by atoms with Crippen LogP contribution in [0.5, 0.6) is 0 Å². The molecule has 114 valence electrons. The van der Waals surface area contributed by atoms with E-state index in [0.29, 0.717) is 23.6 Å². The average Bonchev–Trinajstić information content (AvgIpc) is 3.08. The van der Waals surface area contributed by atoms with Crippen LogP contribution in [0.25, 0.3) is 0 Å². The van der Waals surface area contributed by atoms with Crippen LogP contribution in [-0.2, 0) is 4.74 Å². The number of amides is 1. The van der Waals surface area contributed by atoms with Crippen molar-refractivity contribution >= 4 is 17.2 Å². The molecule has 1 atom stereocenters. The lowest BCUT2D eigenvalue weighted by Gasteiger charge is -2.17. The topological polar surface area (TPSA) is 71.7 Å². The highest BCUT2D eigenvalue weighted by Gasteiger charge is 2.17. The minimum atomic E-state index is -0.263. The van der Waals surface area contributed by atoms with Gasteiger partial charge in [-0.25, -0.2) is 0 Å². The summed E-state index contributed by atoms with van der Waals surface area (Å²) in [6.07, 6.45) is -0.263. The number of carbonyl (C=O) groups is 1. The number of rotatable bonds is 7. The summed E-state index contributed by atoms with van der Waals surface area (Å²) in [5.41, 5.74) is 1.53. The Morgan fingerprint density at radius 1 is 1.52 bits per heavy atom. The maximum Gasteiger partial charge on any atom is 0.254 e. The molecule has 0 aliphatic heterocycles. The molecule has 2 rings (SSSR count). The normalized spacial score (nSPS) is 12.3. The molecule has 0 aliphatic carbocycles. The fourth-order valence-electron chi connectivity index (χ4n) is 2.06. The molecule has 1 amide bonds. The molecular formula is C15H19NO4S. The van der Waals surface area contributed by atoms with Gasteiger partial charge in [0, 0.05) is 6.54 Å². The molecule has 0 fully saturated rings. The minimum Gasteiger partial charge on any atom is -0.466 e. The number of aryl methyl sites for hydroxylation is 2. The first kappa shape index (κ1) is 15.8. The highest BCUT2D eigenvalue weighted by molar-refractivity contribution is 7.07. The number of aliphatic hydroxyl groups is 1. The highest BCUT2D eigenvalue weighted by Crippen LogP contribution is 2.20. The monoisotopic (exact) mass is 309 g/mol. The summed E-state index contributed by atoms with van der Waals surface area (Å²) in [6, 6.07) is 3.67. The lowest BCUT2D eigenvalue weighted by atomic mass is 10.2. The van der Waals surface area contributed by atoms with Gasteiger partial charge < -0.3 is 19.6 Å². The van der Waals surface area contributed by atoms with E-state index in [9.17, 15) is 4.79 Å². The van der Waals surface area contributed by atoms with Crippen molar-refractivity contribution in [3.8, 4) is 0 Å². The Bertz CT molecular complexity index is 577. The molecule has 2 heterocycles. The molecule has 0 saturated carbocycles. The quantitative estimate of drug-likeness (QED) is 0.824. The second-order valence-corrected chi connectivity index (χ2v) is 5.46. The van der Waals surface area contributed by atoms with Crippen molar-refractivity contribution in [1.29, 1.82) is 0 Å². The number of aliphatic hydroxyl groups excluding tert-OH is 1. The summed E-state index contributed by atoms with van der Waals surface area (Å²) in [4.78, 5) is 12.2. The largest absolute Gasteiger partial charge is 0.466 e. The molecule has 2 N–H and O–H groups in total. The van der Waals surface area contributed by atoms with Crippen molar-refractivity contribution < 1.29 is 19.1 Å². The fourth-order valence-corrected chi connectivity index (χ4v) is 2.76. The van der Waals surface area contributed by atoms with Crippen molar-refractivity contribution in [1.82, 2.24) is 5.32 Å². The van der Waals surface area contributed by atoms with Gasteiger partial charge in [0.05, 0.1) is 18.8 Å². The van der Waals surface area contributed by atoms with E-state index < -0.39 is 0 Å². The van der Waals surface area contributed by atoms with Gasteiger partial charge in [0.25, 0.3) is 5.91 Å². The minimum absolute atomic E-state index is 0.0470. The summed E-state index contributed by atoms with van der Waals surface area (Å²) >= 11 is 1.57. The number of hydrogen-bond donors (Lipinski definition) is 2. The SMILES string of the molecule is Cc1cc(C(=O)NC[C@H](OCCO)c2ccsc2)c(C)o1. The van der Waals surface area contributed by atoms with E-state index in [-0.39, 0.29) is 25.2 Å². The average molecular weight is 309 g/mol. The summed E-state index contributed by atoms with van der Waals surface area (Å²) < 4.78 is 10.9. The van der Waals surface area contributed by atoms with Crippen LogP contribution in [0.2, 0.25) is 0 Å². The molecule has 0 bridgehead atoms. The van der Waals surface area contributed by atoms with Crippen LogP contribution in [0.1, 0.15) is 33.5 Å². The zero-order chi connectivity index (χ0) is 15.2. The summed E-state index contributed by atoms with van der Waals surface area (Å²) in [5, 5.41) is 15.7. The first-order valence-electron chi connectivity index (χ1n) is 6.71. The van der Waals surface area contributed by atoms with E-state index in [1.807, 2.05) is 23.8 Å². The van der Waals surface area contributed by atoms with Crippen LogP contribution in [0, 0.1) is 13.8 Å². The molecule has 5 nitrogen and oxygen atoms in total. The fraction of sp³-hybridized carbons (Fsp3) is 0.400. The van der Waals surface area contributed by atoms with E-state index in [2.05, 4.69) is 5.32 Å². The Hall–Kier alpha value is -1.63. The smallest absolute Gasteiger partial charge is 0.254 e. The molecule has 2 aromatic heterocycles. The van der Waals surface area contributed by atoms with Gasteiger partial charge in [0.2, 0.25) is 0 Å². The summed E-state index contributed by atoms with van der Waals surface area (Å²) in [5.74, 6) is 1.13. The van der Waals surface area contributed by atoms with Gasteiger partial charge in [0.15, 0.2) is 0 Å². The number of nitrogens with one attached hydrogen (secondary N) is 1. The lowest BCUT2D eigenvalue weighted by Crippen LogP contribution is -2.30. The second-order valence-electron chi connectivity index (χ2n) is 4.68. The summed E-state index contributed by atoms with van der Waals surface area (Å²) in [6.45, 7) is 4.11. The van der Waals surface area contributed by atoms with Crippen LogP contribution < -0.4 is 5.32 Å². The van der Waals surface area contributed by atoms with Gasteiger partial charge in [-0.05, 0) is 42.3 Å². The van der Waals surface area contributed by atoms with Gasteiger partial charge in [-0.2, -0.15) is 11.3 Å². The van der Waals surface area contributed by atoms with E-state index in [1.54, 1.807) is 24.3 Å². The third-order valence-corrected chi connectivity index (χ3v) is 3.76. The molecule has 0 aliphatic rings. The van der Waals surface area contributed by atoms with E-state index in [1.165, 1.54) is 0 Å². The van der Waals surface area contributed by atoms with Crippen LogP contribution in [0.4, 0.5) is 0 Å². The maximum absolute atomic E-state index is 12.2. The molecule has 0 spiro atoms. The Labute approximate surface area is 127 Å². The predicted octanol–water partition coefficient (Wildman–Crippen LogP) is 2.44. The molecular weight excluding hydrogens is 290 g/mol. The Morgan fingerprint density at radius 2 is 2.33 bits per heavy atom. The Morgan fingerprint density at radius 3 is 2.90 bits per heavy atom. The van der Waals surface area contributed by atoms with Gasteiger partial charge in [0.1, 0.15) is 17.6 Å². The van der Waals surface area contributed by atoms with Crippen molar-refractivity contribution in [2.75, 3.05) is 19.8 Å². The molecule has 0 unspecified atom stereocenters. The number of ether oxygens (including phenoxy) is 1. The van der Waals surface area contributed by atoms with Gasteiger partial charge in [-0.15, -0.1) is 0 Å². The van der Waals surface area contributed by atoms with E-state index >= 15 is 0 Å². The Kier molecular flexibility index (Phi) is 5.55. The van der Waals surface area contributed by atoms with Crippen molar-refractivity contribution in [2.45, 2.75) is 20.0 Å². The molecule has 0 aromatic carbocycles. The van der Waals surface area contributed by atoms with Crippen molar-refractivity contribution in [2.24, 2.45) is 0 Å². The van der Waals surface area contributed by atoms with Crippen LogP contribution >= 0.6 is 11.3 Å². The van der Waals surface area contributed by atoms with E-state index in [4.69, 9.17) is 14.3 Å². The van der Waals surface area contributed by atoms with E-state index in [0.717, 1.165) is 5.56 Å². The molecule has 2 aromatic rings. The third-order valence-electron chi connectivity index (χ3n) is 3.06. The van der Waals surface area contributed by atoms with Crippen molar-refractivity contribution in [3.05, 3.63) is 45.5 Å². The third kappa shape index (κ3) is 4.17. The zero-order valence-electron chi connectivity index (χ0n) is 12.1. The zero-order valence-corrected chi connectivity index (χ0v) is 12.9. The second kappa shape index (κ2) is 7.40. The summed E-state index contributed by atoms with van der Waals surface area (Å²) in [7, 11) is 0. The van der Waals surface area contributed by atoms with Gasteiger partial charge in [-0.3, -0.25) is 4.79 Å². The molecule has 6 heteroatoms. The van der Waals surface area contributed by atoms with Crippen LogP contribution in [-0.4, -0.2) is 30.8 Å². The Balaban J connectivity index is 1.98. The number of carbonyl (C=O) groups excluding carboxylic acids is 1. The van der Waals surface area contributed by atoms with Crippen LogP contribution in [0.15, 0.2) is 27.3 Å². The number of furan rings is 1. The predicted molar refractivity (Wildman–Crippen MR) is 80.6 cm³/mol. The van der Waals surface area contributed by atoms with Crippen LogP contribution in [0.3, 0.4) is 0 Å². The first-order valence-corrected chi connectivity index (χ1v) is 7.66.